The van der Waals surface area contributed by atoms with Gasteiger partial charge in [-0.15, -0.1) is 0 Å². The van der Waals surface area contributed by atoms with E-state index >= 15 is 0 Å². The summed E-state index contributed by atoms with van der Waals surface area (Å²) in [6.07, 6.45) is 7.56. The molecule has 2 heterocycles. The molecule has 0 aliphatic carbocycles. The van der Waals surface area contributed by atoms with Crippen molar-refractivity contribution in [1.82, 2.24) is 4.90 Å². The molecule has 122 valence electrons. The highest BCUT2D eigenvalue weighted by Gasteiger charge is 2.46. The van der Waals surface area contributed by atoms with E-state index in [4.69, 9.17) is 0 Å². The van der Waals surface area contributed by atoms with E-state index in [1.165, 1.54) is 18.4 Å². The summed E-state index contributed by atoms with van der Waals surface area (Å²) in [6.45, 7) is 0.780. The van der Waals surface area contributed by atoms with Crippen LogP contribution in [-0.2, 0) is 6.54 Å². The molecule has 0 saturated carbocycles. The van der Waals surface area contributed by atoms with E-state index in [2.05, 4.69) is 35.2 Å². The summed E-state index contributed by atoms with van der Waals surface area (Å²) >= 11 is 0. The number of piperidine rings is 1. The fourth-order valence-corrected chi connectivity index (χ4v) is 4.40. The standard InChI is InChI=1S/C19H28FNO/c20-12-6-2-5-11-19(22)13-17-9-10-18(14-19)21(17)15-16-7-3-1-4-8-16/h1,3-4,7-8,17-18,22H,2,5-6,9-15H2. The highest BCUT2D eigenvalue weighted by atomic mass is 19.1. The monoisotopic (exact) mass is 305 g/mol. The number of aliphatic hydroxyl groups is 1. The van der Waals surface area contributed by atoms with Crippen LogP contribution in [0.2, 0.25) is 0 Å². The lowest BCUT2D eigenvalue weighted by molar-refractivity contribution is -0.0611. The highest BCUT2D eigenvalue weighted by molar-refractivity contribution is 5.16. The third-order valence-corrected chi connectivity index (χ3v) is 5.49. The van der Waals surface area contributed by atoms with Crippen LogP contribution in [-0.4, -0.2) is 34.4 Å². The summed E-state index contributed by atoms with van der Waals surface area (Å²) in [4.78, 5) is 2.60. The van der Waals surface area contributed by atoms with Crippen molar-refractivity contribution in [3.8, 4) is 0 Å². The van der Waals surface area contributed by atoms with Crippen LogP contribution >= 0.6 is 0 Å². The van der Waals surface area contributed by atoms with Crippen molar-refractivity contribution in [3.63, 3.8) is 0 Å². The Balaban J connectivity index is 1.56. The molecule has 2 atom stereocenters. The zero-order chi connectivity index (χ0) is 15.4. The quantitative estimate of drug-likeness (QED) is 0.767. The number of halogens is 1. The maximum atomic E-state index is 12.2. The number of hydrogen-bond donors (Lipinski definition) is 1. The van der Waals surface area contributed by atoms with Gasteiger partial charge in [0.15, 0.2) is 0 Å². The summed E-state index contributed by atoms with van der Waals surface area (Å²) in [7, 11) is 0. The van der Waals surface area contributed by atoms with E-state index < -0.39 is 5.60 Å². The number of nitrogens with zero attached hydrogens (tertiary/aromatic N) is 1. The second kappa shape index (κ2) is 7.10. The molecule has 2 aliphatic heterocycles. The van der Waals surface area contributed by atoms with Crippen LogP contribution < -0.4 is 0 Å². The van der Waals surface area contributed by atoms with E-state index in [-0.39, 0.29) is 6.67 Å². The number of rotatable bonds is 7. The first-order chi connectivity index (χ1) is 10.7. The van der Waals surface area contributed by atoms with Crippen molar-refractivity contribution >= 4 is 0 Å². The van der Waals surface area contributed by atoms with Crippen LogP contribution in [0.1, 0.15) is 56.9 Å². The van der Waals surface area contributed by atoms with E-state index in [9.17, 15) is 9.50 Å². The lowest BCUT2D eigenvalue weighted by Gasteiger charge is -2.44. The van der Waals surface area contributed by atoms with Gasteiger partial charge in [0.25, 0.3) is 0 Å². The van der Waals surface area contributed by atoms with Crippen LogP contribution in [0.15, 0.2) is 30.3 Å². The normalized spacial score (nSPS) is 31.5. The Labute approximate surface area is 133 Å². The Bertz CT molecular complexity index is 450. The first-order valence-corrected chi connectivity index (χ1v) is 8.78. The highest BCUT2D eigenvalue weighted by Crippen LogP contribution is 2.43. The maximum absolute atomic E-state index is 12.2. The summed E-state index contributed by atoms with van der Waals surface area (Å²) in [5, 5.41) is 10.9. The van der Waals surface area contributed by atoms with E-state index in [1.807, 2.05) is 0 Å². The molecule has 22 heavy (non-hydrogen) atoms. The summed E-state index contributed by atoms with van der Waals surface area (Å²) in [6, 6.07) is 11.7. The minimum atomic E-state index is -0.505. The molecule has 0 spiro atoms. The largest absolute Gasteiger partial charge is 0.390 e. The lowest BCUT2D eigenvalue weighted by atomic mass is 9.82. The van der Waals surface area contributed by atoms with Crippen molar-refractivity contribution in [1.29, 1.82) is 0 Å². The molecule has 1 aromatic rings. The van der Waals surface area contributed by atoms with Gasteiger partial charge in [0.05, 0.1) is 12.3 Å². The van der Waals surface area contributed by atoms with Crippen molar-refractivity contribution in [2.75, 3.05) is 6.67 Å². The molecule has 0 aromatic heterocycles. The van der Waals surface area contributed by atoms with Crippen molar-refractivity contribution in [3.05, 3.63) is 35.9 Å². The molecule has 2 bridgehead atoms. The SMILES string of the molecule is OC1(CCCCCF)CC2CCC(C1)N2Cc1ccccc1. The van der Waals surface area contributed by atoms with Gasteiger partial charge in [-0.05, 0) is 44.1 Å². The van der Waals surface area contributed by atoms with E-state index in [0.717, 1.165) is 38.6 Å². The minimum absolute atomic E-state index is 0.228. The first kappa shape index (κ1) is 15.9. The average molecular weight is 305 g/mol. The van der Waals surface area contributed by atoms with Gasteiger partial charge in [-0.2, -0.15) is 0 Å². The van der Waals surface area contributed by atoms with E-state index in [0.29, 0.717) is 18.5 Å². The zero-order valence-corrected chi connectivity index (χ0v) is 13.4. The fraction of sp³-hybridized carbons (Fsp3) is 0.684. The molecule has 2 unspecified atom stereocenters. The van der Waals surface area contributed by atoms with Gasteiger partial charge in [0, 0.05) is 18.6 Å². The molecule has 2 fully saturated rings. The Hall–Kier alpha value is -0.930. The Morgan fingerprint density at radius 2 is 1.73 bits per heavy atom. The van der Waals surface area contributed by atoms with Crippen molar-refractivity contribution < 1.29 is 9.50 Å². The number of fused-ring (bicyclic) bond motifs is 2. The fourth-order valence-electron chi connectivity index (χ4n) is 4.40. The molecule has 3 rings (SSSR count). The van der Waals surface area contributed by atoms with Crippen LogP contribution in [0.4, 0.5) is 4.39 Å². The Morgan fingerprint density at radius 3 is 2.36 bits per heavy atom. The van der Waals surface area contributed by atoms with E-state index in [1.54, 1.807) is 0 Å². The van der Waals surface area contributed by atoms with Crippen LogP contribution in [0.3, 0.4) is 0 Å². The molecule has 2 aliphatic rings. The summed E-state index contributed by atoms with van der Waals surface area (Å²) < 4.78 is 12.2. The lowest BCUT2D eigenvalue weighted by Crippen LogP contribution is -2.50. The Morgan fingerprint density at radius 1 is 1.05 bits per heavy atom. The summed E-state index contributed by atoms with van der Waals surface area (Å²) in [5.74, 6) is 0. The van der Waals surface area contributed by atoms with Crippen molar-refractivity contribution in [2.24, 2.45) is 0 Å². The molecule has 1 N–H and O–H groups in total. The molecule has 3 heteroatoms. The average Bonchev–Trinajstić information content (AvgIpc) is 2.77. The van der Waals surface area contributed by atoms with Gasteiger partial charge in [0.1, 0.15) is 0 Å². The maximum Gasteiger partial charge on any atom is 0.0894 e. The van der Waals surface area contributed by atoms with Gasteiger partial charge in [-0.1, -0.05) is 43.2 Å². The second-order valence-corrected chi connectivity index (χ2v) is 7.18. The smallest absolute Gasteiger partial charge is 0.0894 e. The van der Waals surface area contributed by atoms with Gasteiger partial charge in [-0.25, -0.2) is 0 Å². The van der Waals surface area contributed by atoms with Crippen LogP contribution in [0.25, 0.3) is 0 Å². The van der Waals surface area contributed by atoms with Gasteiger partial charge in [0.2, 0.25) is 0 Å². The second-order valence-electron chi connectivity index (χ2n) is 7.18. The van der Waals surface area contributed by atoms with Gasteiger partial charge in [-0.3, -0.25) is 9.29 Å². The third-order valence-electron chi connectivity index (χ3n) is 5.49. The zero-order valence-electron chi connectivity index (χ0n) is 13.4. The number of alkyl halides is 1. The predicted molar refractivity (Wildman–Crippen MR) is 87.4 cm³/mol. The first-order valence-electron chi connectivity index (χ1n) is 8.78. The predicted octanol–water partition coefficient (Wildman–Crippen LogP) is 4.07. The van der Waals surface area contributed by atoms with Crippen LogP contribution in [0.5, 0.6) is 0 Å². The third kappa shape index (κ3) is 3.69. The van der Waals surface area contributed by atoms with Gasteiger partial charge >= 0.3 is 0 Å². The molecule has 0 amide bonds. The molecule has 0 radical (unpaired) electrons. The topological polar surface area (TPSA) is 23.5 Å². The van der Waals surface area contributed by atoms with Crippen LogP contribution in [0, 0.1) is 0 Å². The van der Waals surface area contributed by atoms with Gasteiger partial charge < -0.3 is 5.11 Å². The molecular weight excluding hydrogens is 277 g/mol. The Kier molecular flexibility index (Phi) is 5.14. The number of unbranched alkanes of at least 4 members (excludes halogenated alkanes) is 2. The summed E-state index contributed by atoms with van der Waals surface area (Å²) in [5.41, 5.74) is 0.864. The number of hydrogen-bond acceptors (Lipinski definition) is 2. The molecular formula is C19H28FNO. The molecule has 2 saturated heterocycles. The minimum Gasteiger partial charge on any atom is -0.390 e. The molecule has 2 nitrogen and oxygen atoms in total. The van der Waals surface area contributed by atoms with Crippen molar-refractivity contribution in [2.45, 2.75) is 75.6 Å². The number of benzene rings is 1. The molecule has 1 aromatic carbocycles.